The van der Waals surface area contributed by atoms with Gasteiger partial charge in [0.25, 0.3) is 0 Å². The number of ether oxygens (including phenoxy) is 2. The van der Waals surface area contributed by atoms with Gasteiger partial charge in [-0.15, -0.1) is 0 Å². The van der Waals surface area contributed by atoms with Crippen molar-refractivity contribution in [1.82, 2.24) is 9.13 Å². The Kier molecular flexibility index (Phi) is 7.91. The zero-order valence-electron chi connectivity index (χ0n) is 23.3. The lowest BCUT2D eigenvalue weighted by atomic mass is 10.0. The summed E-state index contributed by atoms with van der Waals surface area (Å²) in [5.41, 5.74) is 5.69. The van der Waals surface area contributed by atoms with E-state index in [-0.39, 0.29) is 22.5 Å². The minimum absolute atomic E-state index is 0.0421. The Balaban J connectivity index is 1.76. The van der Waals surface area contributed by atoms with Gasteiger partial charge in [0.2, 0.25) is 5.78 Å². The molecule has 4 rings (SSSR count). The number of rotatable bonds is 7. The van der Waals surface area contributed by atoms with Gasteiger partial charge < -0.3 is 18.6 Å². The summed E-state index contributed by atoms with van der Waals surface area (Å²) < 4.78 is 13.8. The number of aryl methyl sites for hydroxylation is 2. The predicted molar refractivity (Wildman–Crippen MR) is 147 cm³/mol. The van der Waals surface area contributed by atoms with Crippen molar-refractivity contribution in [2.75, 3.05) is 14.2 Å². The van der Waals surface area contributed by atoms with Crippen molar-refractivity contribution in [3.63, 3.8) is 0 Å². The van der Waals surface area contributed by atoms with Crippen LogP contribution in [0.5, 0.6) is 0 Å². The molecule has 0 amide bonds. The Morgan fingerprint density at radius 3 is 2.00 bits per heavy atom. The average Bonchev–Trinajstić information content (AvgIpc) is 3.63. The summed E-state index contributed by atoms with van der Waals surface area (Å²) >= 11 is 0. The van der Waals surface area contributed by atoms with Crippen LogP contribution >= 0.6 is 0 Å². The van der Waals surface area contributed by atoms with E-state index in [9.17, 15) is 19.6 Å². The molecule has 1 aliphatic carbocycles. The van der Waals surface area contributed by atoms with Crippen molar-refractivity contribution in [2.24, 2.45) is 0 Å². The van der Waals surface area contributed by atoms with Gasteiger partial charge in [-0.1, -0.05) is 12.8 Å². The van der Waals surface area contributed by atoms with Gasteiger partial charge in [0, 0.05) is 40.1 Å². The molecule has 39 heavy (non-hydrogen) atoms. The molecule has 1 aliphatic rings. The second-order valence-corrected chi connectivity index (χ2v) is 10.0. The quantitative estimate of drug-likeness (QED) is 0.162. The maximum absolute atomic E-state index is 13.5. The van der Waals surface area contributed by atoms with Crippen LogP contribution in [0.4, 0.5) is 0 Å². The average molecular weight is 528 g/mol. The van der Waals surface area contributed by atoms with Crippen molar-refractivity contribution in [3.8, 4) is 11.8 Å². The van der Waals surface area contributed by atoms with Crippen molar-refractivity contribution >= 4 is 23.8 Å². The molecule has 2 aromatic heterocycles. The predicted octanol–water partition coefficient (Wildman–Crippen LogP) is 5.99. The van der Waals surface area contributed by atoms with E-state index in [1.54, 1.807) is 18.2 Å². The Hall–Kier alpha value is -4.38. The SMILES string of the molecule is COC(=O)c1cc(C(=O)OC)cc(-n2c(C)cc(/C=C(\C#N)C(=O)c3cc(C)n(C4CCCC4)c3C)c2C)c1. The van der Waals surface area contributed by atoms with E-state index in [1.165, 1.54) is 33.1 Å². The van der Waals surface area contributed by atoms with Crippen LogP contribution < -0.4 is 0 Å². The van der Waals surface area contributed by atoms with Gasteiger partial charge in [-0.2, -0.15) is 5.26 Å². The number of hydrogen-bond donors (Lipinski definition) is 0. The summed E-state index contributed by atoms with van der Waals surface area (Å²) in [4.78, 5) is 38.1. The van der Waals surface area contributed by atoms with Gasteiger partial charge in [0.15, 0.2) is 0 Å². The third-order valence-corrected chi connectivity index (χ3v) is 7.57. The van der Waals surface area contributed by atoms with E-state index >= 15 is 0 Å². The number of esters is 2. The standard InChI is InChI=1S/C31H33N3O5/c1-18-11-22(20(3)33(18)27-15-23(30(36)38-5)14-24(16-27)31(37)39-6)13-25(17-32)29(35)28-12-19(2)34(21(28)4)26-9-7-8-10-26/h11-16,26H,7-10H2,1-6H3/b25-13+. The van der Waals surface area contributed by atoms with Gasteiger partial charge in [0.05, 0.1) is 25.3 Å². The molecule has 0 unspecified atom stereocenters. The highest BCUT2D eigenvalue weighted by Crippen LogP contribution is 2.34. The molecule has 202 valence electrons. The molecular formula is C31H33N3O5. The van der Waals surface area contributed by atoms with E-state index < -0.39 is 11.9 Å². The van der Waals surface area contributed by atoms with Gasteiger partial charge >= 0.3 is 11.9 Å². The van der Waals surface area contributed by atoms with Gasteiger partial charge in [-0.25, -0.2) is 9.59 Å². The van der Waals surface area contributed by atoms with E-state index in [0.29, 0.717) is 22.9 Å². The van der Waals surface area contributed by atoms with Crippen molar-refractivity contribution in [1.29, 1.82) is 5.26 Å². The first-order valence-corrected chi connectivity index (χ1v) is 13.0. The summed E-state index contributed by atoms with van der Waals surface area (Å²) in [6.45, 7) is 7.69. The number of nitriles is 1. The maximum Gasteiger partial charge on any atom is 0.337 e. The lowest BCUT2D eigenvalue weighted by Gasteiger charge is -2.17. The number of carbonyl (C=O) groups excluding carboxylic acids is 3. The molecule has 0 atom stereocenters. The van der Waals surface area contributed by atoms with Crippen LogP contribution in [-0.2, 0) is 9.47 Å². The highest BCUT2D eigenvalue weighted by Gasteiger charge is 2.25. The highest BCUT2D eigenvalue weighted by atomic mass is 16.5. The molecule has 8 nitrogen and oxygen atoms in total. The van der Waals surface area contributed by atoms with Gasteiger partial charge in [-0.05, 0) is 82.5 Å². The third-order valence-electron chi connectivity index (χ3n) is 7.57. The highest BCUT2D eigenvalue weighted by molar-refractivity contribution is 6.15. The number of aromatic nitrogens is 2. The minimum atomic E-state index is -0.586. The number of allylic oxidation sites excluding steroid dienone is 1. The van der Waals surface area contributed by atoms with Crippen LogP contribution in [-0.4, -0.2) is 41.1 Å². The number of benzene rings is 1. The second kappa shape index (κ2) is 11.2. The fourth-order valence-electron chi connectivity index (χ4n) is 5.72. The summed E-state index contributed by atoms with van der Waals surface area (Å²) in [6.07, 6.45) is 6.19. The summed E-state index contributed by atoms with van der Waals surface area (Å²) in [7, 11) is 2.54. The first-order valence-electron chi connectivity index (χ1n) is 13.0. The fourth-order valence-corrected chi connectivity index (χ4v) is 5.72. The Labute approximate surface area is 228 Å². The van der Waals surface area contributed by atoms with E-state index in [2.05, 4.69) is 10.6 Å². The monoisotopic (exact) mass is 527 g/mol. The van der Waals surface area contributed by atoms with Crippen molar-refractivity contribution < 1.29 is 23.9 Å². The molecule has 2 heterocycles. The summed E-state index contributed by atoms with van der Waals surface area (Å²) in [6, 6.07) is 10.9. The molecular weight excluding hydrogens is 494 g/mol. The van der Waals surface area contributed by atoms with Crippen LogP contribution in [0.3, 0.4) is 0 Å². The normalized spacial score (nSPS) is 13.8. The van der Waals surface area contributed by atoms with E-state index in [0.717, 1.165) is 35.6 Å². The minimum Gasteiger partial charge on any atom is -0.465 e. The van der Waals surface area contributed by atoms with Gasteiger partial charge in [0.1, 0.15) is 11.6 Å². The van der Waals surface area contributed by atoms with Crippen LogP contribution in [0.1, 0.15) is 91.1 Å². The second-order valence-electron chi connectivity index (χ2n) is 10.0. The molecule has 0 bridgehead atoms. The Morgan fingerprint density at radius 1 is 0.872 bits per heavy atom. The third kappa shape index (κ3) is 5.17. The number of carbonyl (C=O) groups is 3. The zero-order chi connectivity index (χ0) is 28.4. The van der Waals surface area contributed by atoms with Crippen LogP contribution in [0.15, 0.2) is 35.9 Å². The van der Waals surface area contributed by atoms with Crippen LogP contribution in [0.25, 0.3) is 11.8 Å². The van der Waals surface area contributed by atoms with E-state index in [1.807, 2.05) is 44.4 Å². The molecule has 1 saturated carbocycles. The molecule has 1 aromatic carbocycles. The zero-order valence-corrected chi connectivity index (χ0v) is 23.3. The molecule has 3 aromatic rings. The van der Waals surface area contributed by atoms with Crippen LogP contribution in [0.2, 0.25) is 0 Å². The topological polar surface area (TPSA) is 103 Å². The van der Waals surface area contributed by atoms with Gasteiger partial charge in [-0.3, -0.25) is 4.79 Å². The summed E-state index contributed by atoms with van der Waals surface area (Å²) in [5.74, 6) is -1.48. The number of hydrogen-bond acceptors (Lipinski definition) is 6. The van der Waals surface area contributed by atoms with E-state index in [4.69, 9.17) is 9.47 Å². The Morgan fingerprint density at radius 2 is 1.46 bits per heavy atom. The number of methoxy groups -OCH3 is 2. The Bertz CT molecular complexity index is 1510. The lowest BCUT2D eigenvalue weighted by molar-refractivity contribution is 0.0599. The molecule has 0 radical (unpaired) electrons. The molecule has 0 aliphatic heterocycles. The molecule has 0 spiro atoms. The molecule has 8 heteroatoms. The van der Waals surface area contributed by atoms with Crippen LogP contribution in [0, 0.1) is 39.0 Å². The molecule has 0 saturated heterocycles. The van der Waals surface area contributed by atoms with Crippen molar-refractivity contribution in [3.05, 3.63) is 80.9 Å². The first-order chi connectivity index (χ1) is 18.6. The number of nitrogens with zero attached hydrogens (tertiary/aromatic N) is 3. The molecule has 1 fully saturated rings. The molecule has 0 N–H and O–H groups in total. The number of ketones is 1. The number of Topliss-reactive ketones (excluding diaryl/α,β-unsaturated/α-hetero) is 1. The van der Waals surface area contributed by atoms with Crippen molar-refractivity contribution in [2.45, 2.75) is 59.4 Å². The lowest BCUT2D eigenvalue weighted by Crippen LogP contribution is -2.10. The first kappa shape index (κ1) is 27.6. The largest absolute Gasteiger partial charge is 0.465 e. The maximum atomic E-state index is 13.5. The fraction of sp³-hybridized carbons (Fsp3) is 0.355. The summed E-state index contributed by atoms with van der Waals surface area (Å²) in [5, 5.41) is 9.98. The smallest absolute Gasteiger partial charge is 0.337 e.